The fourth-order valence-electron chi connectivity index (χ4n) is 2.97. The van der Waals surface area contributed by atoms with E-state index in [0.29, 0.717) is 5.56 Å². The smallest absolute Gasteiger partial charge is 0.322 e. The summed E-state index contributed by atoms with van der Waals surface area (Å²) in [5.74, 6) is -4.28. The highest BCUT2D eigenvalue weighted by Gasteiger charge is 2.34. The van der Waals surface area contributed by atoms with Crippen LogP contribution in [0.1, 0.15) is 35.1 Å². The monoisotopic (exact) mass is 431 g/mol. The van der Waals surface area contributed by atoms with Gasteiger partial charge >= 0.3 is 5.97 Å². The molecule has 2 aromatic rings. The summed E-state index contributed by atoms with van der Waals surface area (Å²) in [4.78, 5) is 11.0. The molecule has 5 nitrogen and oxygen atoms in total. The lowest BCUT2D eigenvalue weighted by Gasteiger charge is -2.24. The summed E-state index contributed by atoms with van der Waals surface area (Å²) in [7, 11) is -4.55. The Morgan fingerprint density at radius 1 is 1.11 bits per heavy atom. The van der Waals surface area contributed by atoms with Gasteiger partial charge in [0.05, 0.1) is 0 Å². The van der Waals surface area contributed by atoms with Gasteiger partial charge in [0.2, 0.25) is 10.0 Å². The van der Waals surface area contributed by atoms with Crippen LogP contribution in [0.15, 0.2) is 29.2 Å². The maximum atomic E-state index is 14.4. The van der Waals surface area contributed by atoms with Crippen LogP contribution in [0.25, 0.3) is 0 Å². The number of carboxylic acids is 1. The van der Waals surface area contributed by atoms with Crippen molar-refractivity contribution in [3.05, 3.63) is 63.2 Å². The van der Waals surface area contributed by atoms with Crippen molar-refractivity contribution < 1.29 is 27.1 Å². The molecule has 0 saturated carbocycles. The Hall–Kier alpha value is -2.03. The molecule has 0 bridgehead atoms. The van der Waals surface area contributed by atoms with Crippen LogP contribution in [0.2, 0.25) is 5.02 Å². The Morgan fingerprint density at radius 3 is 2.29 bits per heavy atom. The Labute approximate surface area is 167 Å². The van der Waals surface area contributed by atoms with Crippen LogP contribution in [0, 0.1) is 32.4 Å². The number of nitrogens with one attached hydrogen (secondary N) is 1. The number of aryl methyl sites for hydroxylation is 1. The van der Waals surface area contributed by atoms with Crippen molar-refractivity contribution in [1.82, 2.24) is 4.72 Å². The summed E-state index contributed by atoms with van der Waals surface area (Å²) in [6.45, 7) is 6.06. The Balaban J connectivity index is 2.50. The standard InChI is InChI=1S/C19H20ClF2NO4S/c1-9-5-7-14(21)16(10(9)2)12(4)18(19(24)25)23-28(26,27)15-8-6-13(20)11(3)17(15)22/h5-8,12,18,23H,1-4H3,(H,24,25)/t12-,18+/m1/s1. The molecule has 0 aromatic heterocycles. The van der Waals surface area contributed by atoms with Gasteiger partial charge in [-0.1, -0.05) is 24.6 Å². The topological polar surface area (TPSA) is 83.5 Å². The number of carboxylic acid groups (broad SMARTS) is 1. The van der Waals surface area contributed by atoms with Crippen molar-refractivity contribution in [2.45, 2.75) is 44.6 Å². The van der Waals surface area contributed by atoms with Crippen LogP contribution in [-0.4, -0.2) is 25.5 Å². The lowest BCUT2D eigenvalue weighted by Crippen LogP contribution is -2.44. The summed E-state index contributed by atoms with van der Waals surface area (Å²) in [6.07, 6.45) is 0. The van der Waals surface area contributed by atoms with Crippen LogP contribution < -0.4 is 4.72 Å². The van der Waals surface area contributed by atoms with Gasteiger partial charge in [-0.2, -0.15) is 4.72 Å². The average Bonchev–Trinajstić information content (AvgIpc) is 2.60. The average molecular weight is 432 g/mol. The molecule has 28 heavy (non-hydrogen) atoms. The molecule has 2 aromatic carbocycles. The fraction of sp³-hybridized carbons (Fsp3) is 0.316. The van der Waals surface area contributed by atoms with Gasteiger partial charge in [-0.15, -0.1) is 0 Å². The van der Waals surface area contributed by atoms with Crippen LogP contribution in [0.3, 0.4) is 0 Å². The molecule has 0 aliphatic heterocycles. The highest BCUT2D eigenvalue weighted by Crippen LogP contribution is 2.30. The second-order valence-electron chi connectivity index (χ2n) is 6.61. The van der Waals surface area contributed by atoms with Gasteiger partial charge in [0.1, 0.15) is 22.6 Å². The summed E-state index contributed by atoms with van der Waals surface area (Å²) in [5.41, 5.74) is 1.26. The number of benzene rings is 2. The second kappa shape index (κ2) is 8.14. The van der Waals surface area contributed by atoms with E-state index in [0.717, 1.165) is 11.6 Å². The van der Waals surface area contributed by atoms with E-state index < -0.39 is 44.5 Å². The van der Waals surface area contributed by atoms with Gasteiger partial charge < -0.3 is 5.11 Å². The van der Waals surface area contributed by atoms with Gasteiger partial charge in [-0.3, -0.25) is 4.79 Å². The lowest BCUT2D eigenvalue weighted by atomic mass is 9.88. The van der Waals surface area contributed by atoms with E-state index in [-0.39, 0.29) is 16.1 Å². The van der Waals surface area contributed by atoms with Crippen LogP contribution >= 0.6 is 11.6 Å². The molecule has 0 aliphatic carbocycles. The molecule has 0 heterocycles. The summed E-state index contributed by atoms with van der Waals surface area (Å²) < 4.78 is 56.1. The number of carbonyl (C=O) groups is 1. The zero-order valence-corrected chi connectivity index (χ0v) is 17.3. The Morgan fingerprint density at radius 2 is 1.71 bits per heavy atom. The van der Waals surface area contributed by atoms with Gasteiger partial charge in [0.25, 0.3) is 0 Å². The van der Waals surface area contributed by atoms with Crippen LogP contribution in [-0.2, 0) is 14.8 Å². The van der Waals surface area contributed by atoms with Crippen molar-refractivity contribution in [3.63, 3.8) is 0 Å². The van der Waals surface area contributed by atoms with E-state index >= 15 is 0 Å². The first-order valence-electron chi connectivity index (χ1n) is 8.33. The molecule has 0 fully saturated rings. The molecule has 2 atom stereocenters. The number of sulfonamides is 1. The molecule has 0 amide bonds. The number of rotatable bonds is 6. The first kappa shape index (κ1) is 22.3. The summed E-state index contributed by atoms with van der Waals surface area (Å²) in [6, 6.07) is 3.19. The zero-order valence-electron chi connectivity index (χ0n) is 15.7. The van der Waals surface area contributed by atoms with E-state index in [1.165, 1.54) is 26.0 Å². The molecular formula is C19H20ClF2NO4S. The lowest BCUT2D eigenvalue weighted by molar-refractivity contribution is -0.139. The predicted molar refractivity (Wildman–Crippen MR) is 102 cm³/mol. The van der Waals surface area contributed by atoms with E-state index in [1.54, 1.807) is 19.9 Å². The molecule has 152 valence electrons. The van der Waals surface area contributed by atoms with Crippen molar-refractivity contribution in [1.29, 1.82) is 0 Å². The van der Waals surface area contributed by atoms with E-state index in [1.807, 2.05) is 4.72 Å². The first-order chi connectivity index (χ1) is 12.9. The molecule has 0 spiro atoms. The third kappa shape index (κ3) is 4.19. The van der Waals surface area contributed by atoms with Gasteiger partial charge in [0.15, 0.2) is 0 Å². The van der Waals surface area contributed by atoms with Gasteiger partial charge in [-0.25, -0.2) is 17.2 Å². The predicted octanol–water partition coefficient (Wildman–Crippen LogP) is 4.08. The zero-order chi connectivity index (χ0) is 21.4. The maximum absolute atomic E-state index is 14.4. The van der Waals surface area contributed by atoms with Crippen molar-refractivity contribution in [2.24, 2.45) is 0 Å². The van der Waals surface area contributed by atoms with E-state index in [9.17, 15) is 27.1 Å². The highest BCUT2D eigenvalue weighted by atomic mass is 35.5. The Bertz CT molecular complexity index is 1040. The SMILES string of the molecule is Cc1ccc(F)c([C@@H](C)[C@H](NS(=O)(=O)c2ccc(Cl)c(C)c2F)C(=O)O)c1C. The van der Waals surface area contributed by atoms with Crippen molar-refractivity contribution >= 4 is 27.6 Å². The second-order valence-corrected chi connectivity index (χ2v) is 8.70. The molecule has 0 saturated heterocycles. The molecule has 2 rings (SSSR count). The molecule has 9 heteroatoms. The maximum Gasteiger partial charge on any atom is 0.322 e. The number of halogens is 3. The third-order valence-electron chi connectivity index (χ3n) is 4.81. The normalized spacial score (nSPS) is 14.0. The number of hydrogen-bond acceptors (Lipinski definition) is 3. The highest BCUT2D eigenvalue weighted by molar-refractivity contribution is 7.89. The number of aliphatic carboxylic acids is 1. The quantitative estimate of drug-likeness (QED) is 0.721. The first-order valence-corrected chi connectivity index (χ1v) is 10.2. The summed E-state index contributed by atoms with van der Waals surface area (Å²) >= 11 is 5.78. The molecule has 0 radical (unpaired) electrons. The van der Waals surface area contributed by atoms with Gasteiger partial charge in [0, 0.05) is 16.5 Å². The summed E-state index contributed by atoms with van der Waals surface area (Å²) in [5, 5.41) is 9.61. The largest absolute Gasteiger partial charge is 0.480 e. The van der Waals surface area contributed by atoms with Gasteiger partial charge in [-0.05, 0) is 55.7 Å². The van der Waals surface area contributed by atoms with Crippen molar-refractivity contribution in [3.8, 4) is 0 Å². The van der Waals surface area contributed by atoms with E-state index in [2.05, 4.69) is 0 Å². The number of hydrogen-bond donors (Lipinski definition) is 2. The minimum atomic E-state index is -4.55. The Kier molecular flexibility index (Phi) is 6.48. The van der Waals surface area contributed by atoms with Crippen LogP contribution in [0.4, 0.5) is 8.78 Å². The molecule has 0 unspecified atom stereocenters. The fourth-order valence-corrected chi connectivity index (χ4v) is 4.52. The minimum Gasteiger partial charge on any atom is -0.480 e. The van der Waals surface area contributed by atoms with Crippen molar-refractivity contribution in [2.75, 3.05) is 0 Å². The molecule has 0 aliphatic rings. The molecule has 2 N–H and O–H groups in total. The van der Waals surface area contributed by atoms with E-state index in [4.69, 9.17) is 11.6 Å². The minimum absolute atomic E-state index is 0.0389. The molecular weight excluding hydrogens is 412 g/mol. The third-order valence-corrected chi connectivity index (χ3v) is 6.68. The van der Waals surface area contributed by atoms with Crippen LogP contribution in [0.5, 0.6) is 0 Å².